The van der Waals surface area contributed by atoms with Gasteiger partial charge in [-0.15, -0.1) is 0 Å². The van der Waals surface area contributed by atoms with Gasteiger partial charge in [0.15, 0.2) is 0 Å². The molecular formula is C10H22N2O2S. The molecule has 1 amide bonds. The van der Waals surface area contributed by atoms with E-state index in [1.165, 1.54) is 0 Å². The summed E-state index contributed by atoms with van der Waals surface area (Å²) in [6.07, 6.45) is 2.52. The zero-order chi connectivity index (χ0) is 11.8. The van der Waals surface area contributed by atoms with Gasteiger partial charge in [0.25, 0.3) is 0 Å². The molecule has 0 heterocycles. The highest BCUT2D eigenvalue weighted by Gasteiger charge is 2.14. The fraction of sp³-hybridized carbons (Fsp3) is 0.900. The molecule has 3 unspecified atom stereocenters. The smallest absolute Gasteiger partial charge is 0.236 e. The Bertz CT molecular complexity index is 221. The van der Waals surface area contributed by atoms with E-state index in [0.717, 1.165) is 6.42 Å². The lowest BCUT2D eigenvalue weighted by atomic mass is 10.2. The SMILES string of the molecule is CCNC(=O)C(C)NC(C)CCS(C)=O. The molecule has 0 saturated carbocycles. The van der Waals surface area contributed by atoms with Crippen LogP contribution in [0.2, 0.25) is 0 Å². The highest BCUT2D eigenvalue weighted by atomic mass is 32.2. The molecule has 0 aromatic carbocycles. The van der Waals surface area contributed by atoms with Crippen molar-refractivity contribution < 1.29 is 9.00 Å². The maximum absolute atomic E-state index is 11.4. The minimum Gasteiger partial charge on any atom is -0.355 e. The van der Waals surface area contributed by atoms with Crippen LogP contribution in [0.4, 0.5) is 0 Å². The molecule has 3 atom stereocenters. The van der Waals surface area contributed by atoms with Crippen LogP contribution in [-0.4, -0.2) is 40.8 Å². The normalized spacial score (nSPS) is 16.8. The lowest BCUT2D eigenvalue weighted by molar-refractivity contribution is -0.122. The molecule has 5 heteroatoms. The first kappa shape index (κ1) is 14.6. The van der Waals surface area contributed by atoms with Crippen molar-refractivity contribution in [3.63, 3.8) is 0 Å². The van der Waals surface area contributed by atoms with Gasteiger partial charge in [-0.25, -0.2) is 0 Å². The second kappa shape index (κ2) is 7.82. The van der Waals surface area contributed by atoms with Gasteiger partial charge < -0.3 is 10.6 Å². The molecule has 0 aliphatic carbocycles. The predicted octanol–water partition coefficient (Wildman–Crippen LogP) is 0.258. The van der Waals surface area contributed by atoms with E-state index in [-0.39, 0.29) is 18.0 Å². The van der Waals surface area contributed by atoms with Crippen LogP contribution in [0.3, 0.4) is 0 Å². The van der Waals surface area contributed by atoms with Gasteiger partial charge in [0.2, 0.25) is 5.91 Å². The Morgan fingerprint density at radius 2 is 2.00 bits per heavy atom. The van der Waals surface area contributed by atoms with Crippen LogP contribution in [0.25, 0.3) is 0 Å². The number of carbonyl (C=O) groups is 1. The van der Waals surface area contributed by atoms with Crippen LogP contribution in [0.15, 0.2) is 0 Å². The van der Waals surface area contributed by atoms with Crippen molar-refractivity contribution in [2.24, 2.45) is 0 Å². The van der Waals surface area contributed by atoms with Crippen LogP contribution in [0.5, 0.6) is 0 Å². The molecular weight excluding hydrogens is 212 g/mol. The molecule has 0 rings (SSSR count). The van der Waals surface area contributed by atoms with Gasteiger partial charge in [0.05, 0.1) is 6.04 Å². The summed E-state index contributed by atoms with van der Waals surface area (Å²) in [6, 6.07) is 0.0248. The van der Waals surface area contributed by atoms with Crippen molar-refractivity contribution >= 4 is 16.7 Å². The number of amides is 1. The standard InChI is InChI=1S/C10H22N2O2S/c1-5-11-10(13)9(3)12-8(2)6-7-15(4)14/h8-9,12H,5-7H2,1-4H3,(H,11,13). The van der Waals surface area contributed by atoms with E-state index in [2.05, 4.69) is 10.6 Å². The van der Waals surface area contributed by atoms with Crippen molar-refractivity contribution in [3.05, 3.63) is 0 Å². The minimum absolute atomic E-state index is 0.0157. The van der Waals surface area contributed by atoms with E-state index >= 15 is 0 Å². The summed E-state index contributed by atoms with van der Waals surface area (Å²) < 4.78 is 10.9. The lowest BCUT2D eigenvalue weighted by Gasteiger charge is -2.18. The number of nitrogens with one attached hydrogen (secondary N) is 2. The summed E-state index contributed by atoms with van der Waals surface area (Å²) in [4.78, 5) is 11.4. The van der Waals surface area contributed by atoms with Crippen LogP contribution in [0.1, 0.15) is 27.2 Å². The Morgan fingerprint density at radius 1 is 1.40 bits per heavy atom. The zero-order valence-corrected chi connectivity index (χ0v) is 10.8. The molecule has 0 saturated heterocycles. The minimum atomic E-state index is -0.756. The van der Waals surface area contributed by atoms with Crippen molar-refractivity contribution in [2.75, 3.05) is 18.6 Å². The van der Waals surface area contributed by atoms with Gasteiger partial charge in [-0.2, -0.15) is 0 Å². The molecule has 2 N–H and O–H groups in total. The van der Waals surface area contributed by atoms with Crippen molar-refractivity contribution in [3.8, 4) is 0 Å². The molecule has 0 aromatic heterocycles. The third-order valence-corrected chi connectivity index (χ3v) is 2.93. The summed E-state index contributed by atoms with van der Waals surface area (Å²) >= 11 is 0. The average molecular weight is 234 g/mol. The Labute approximate surface area is 94.7 Å². The van der Waals surface area contributed by atoms with E-state index in [1.54, 1.807) is 6.26 Å². The van der Waals surface area contributed by atoms with Gasteiger partial charge in [-0.05, 0) is 27.2 Å². The van der Waals surface area contributed by atoms with E-state index in [9.17, 15) is 9.00 Å². The fourth-order valence-electron chi connectivity index (χ4n) is 1.26. The summed E-state index contributed by atoms with van der Waals surface area (Å²) in [6.45, 7) is 6.39. The van der Waals surface area contributed by atoms with E-state index < -0.39 is 10.8 Å². The first-order valence-corrected chi connectivity index (χ1v) is 7.03. The van der Waals surface area contributed by atoms with Gasteiger partial charge >= 0.3 is 0 Å². The third kappa shape index (κ3) is 7.50. The van der Waals surface area contributed by atoms with Crippen molar-refractivity contribution in [1.82, 2.24) is 10.6 Å². The van der Waals surface area contributed by atoms with Crippen LogP contribution >= 0.6 is 0 Å². The molecule has 0 aliphatic rings. The Morgan fingerprint density at radius 3 is 2.47 bits per heavy atom. The molecule has 4 nitrogen and oxygen atoms in total. The Balaban J connectivity index is 3.79. The maximum Gasteiger partial charge on any atom is 0.236 e. The summed E-state index contributed by atoms with van der Waals surface area (Å²) in [5.74, 6) is 0.693. The zero-order valence-electron chi connectivity index (χ0n) is 10.0. The van der Waals surface area contributed by atoms with Crippen molar-refractivity contribution in [2.45, 2.75) is 39.3 Å². The molecule has 0 bridgehead atoms. The molecule has 15 heavy (non-hydrogen) atoms. The Hall–Kier alpha value is -0.420. The molecule has 0 spiro atoms. The summed E-state index contributed by atoms with van der Waals surface area (Å²) in [7, 11) is -0.756. The van der Waals surface area contributed by atoms with Gasteiger partial charge in [-0.1, -0.05) is 0 Å². The highest BCUT2D eigenvalue weighted by molar-refractivity contribution is 7.84. The summed E-state index contributed by atoms with van der Waals surface area (Å²) in [5.41, 5.74) is 0. The molecule has 90 valence electrons. The number of rotatable bonds is 7. The number of likely N-dealkylation sites (N-methyl/N-ethyl adjacent to an activating group) is 1. The summed E-state index contributed by atoms with van der Waals surface area (Å²) in [5, 5.41) is 5.93. The largest absolute Gasteiger partial charge is 0.355 e. The average Bonchev–Trinajstić information content (AvgIpc) is 2.15. The second-order valence-electron chi connectivity index (χ2n) is 3.75. The van der Waals surface area contributed by atoms with Crippen LogP contribution in [-0.2, 0) is 15.6 Å². The number of carbonyl (C=O) groups excluding carboxylic acids is 1. The van der Waals surface area contributed by atoms with Crippen LogP contribution in [0, 0.1) is 0 Å². The van der Waals surface area contributed by atoms with Gasteiger partial charge in [0, 0.05) is 35.4 Å². The van der Waals surface area contributed by atoms with Crippen molar-refractivity contribution in [1.29, 1.82) is 0 Å². The monoisotopic (exact) mass is 234 g/mol. The molecule has 0 fully saturated rings. The maximum atomic E-state index is 11.4. The molecule has 0 radical (unpaired) electrons. The highest BCUT2D eigenvalue weighted by Crippen LogP contribution is 1.95. The Kier molecular flexibility index (Phi) is 7.60. The van der Waals surface area contributed by atoms with E-state index in [0.29, 0.717) is 12.3 Å². The molecule has 0 aliphatic heterocycles. The lowest BCUT2D eigenvalue weighted by Crippen LogP contribution is -2.45. The van der Waals surface area contributed by atoms with Crippen LogP contribution < -0.4 is 10.6 Å². The number of hydrogen-bond acceptors (Lipinski definition) is 3. The second-order valence-corrected chi connectivity index (χ2v) is 5.30. The third-order valence-electron chi connectivity index (χ3n) is 2.12. The number of hydrogen-bond donors (Lipinski definition) is 2. The van der Waals surface area contributed by atoms with E-state index in [4.69, 9.17) is 0 Å². The van der Waals surface area contributed by atoms with Gasteiger partial charge in [-0.3, -0.25) is 9.00 Å². The quantitative estimate of drug-likeness (QED) is 0.664. The topological polar surface area (TPSA) is 58.2 Å². The predicted molar refractivity (Wildman–Crippen MR) is 64.3 cm³/mol. The molecule has 0 aromatic rings. The first-order chi connectivity index (χ1) is 6.97. The van der Waals surface area contributed by atoms with E-state index in [1.807, 2.05) is 20.8 Å². The first-order valence-electron chi connectivity index (χ1n) is 5.31. The fourth-order valence-corrected chi connectivity index (χ4v) is 1.94. The van der Waals surface area contributed by atoms with Gasteiger partial charge in [0.1, 0.15) is 0 Å².